The number of rotatable bonds is 5. The maximum Gasteiger partial charge on any atom is 0.434 e. The molecule has 0 aromatic carbocycles. The lowest BCUT2D eigenvalue weighted by Gasteiger charge is -2.20. The van der Waals surface area contributed by atoms with E-state index in [1.807, 2.05) is 0 Å². The monoisotopic (exact) mass is 517 g/mol. The third kappa shape index (κ3) is 5.10. The standard InChI is InChI=1S/C22H18F3N7O3S/c1-11(33)29-18-5-14(21-30-17(10-36-21)22(23,24)25)15(8-28-18)12-4-13(7-26-6-12)19-31-32-20(35-19)16-9-34-3-2-27-16/h4-8,10,16,27H,2-3,9H2,1H3,(H,28,29,33)/t16-/m0/s1. The number of alkyl halides is 3. The number of thiazole rings is 1. The number of aromatic nitrogens is 5. The molecule has 1 saturated heterocycles. The van der Waals surface area contributed by atoms with E-state index in [2.05, 4.69) is 35.8 Å². The quantitative estimate of drug-likeness (QED) is 0.404. The third-order valence-electron chi connectivity index (χ3n) is 5.19. The Bertz CT molecular complexity index is 1400. The number of carbonyl (C=O) groups excluding carboxylic acids is 1. The van der Waals surface area contributed by atoms with Crippen LogP contribution in [0.25, 0.3) is 33.2 Å². The normalized spacial score (nSPS) is 16.2. The Hall–Kier alpha value is -3.75. The second kappa shape index (κ2) is 9.72. The smallest absolute Gasteiger partial charge is 0.419 e. The second-order valence-electron chi connectivity index (χ2n) is 7.82. The van der Waals surface area contributed by atoms with Crippen molar-refractivity contribution in [2.75, 3.05) is 25.1 Å². The molecule has 1 atom stereocenters. The number of halogens is 3. The molecule has 2 N–H and O–H groups in total. The molecule has 0 aliphatic carbocycles. The highest BCUT2D eigenvalue weighted by Crippen LogP contribution is 2.39. The fraction of sp³-hybridized carbons (Fsp3) is 0.273. The molecule has 5 heterocycles. The molecule has 0 unspecified atom stereocenters. The van der Waals surface area contributed by atoms with E-state index in [0.29, 0.717) is 47.9 Å². The predicted octanol–water partition coefficient (Wildman–Crippen LogP) is 3.96. The highest BCUT2D eigenvalue weighted by atomic mass is 32.1. The average Bonchev–Trinajstić information content (AvgIpc) is 3.55. The molecule has 1 fully saturated rings. The summed E-state index contributed by atoms with van der Waals surface area (Å²) in [5.41, 5.74) is 0.852. The van der Waals surface area contributed by atoms with E-state index in [1.165, 1.54) is 31.6 Å². The van der Waals surface area contributed by atoms with Crippen LogP contribution >= 0.6 is 11.3 Å². The highest BCUT2D eigenvalue weighted by molar-refractivity contribution is 7.13. The van der Waals surface area contributed by atoms with Crippen molar-refractivity contribution in [1.82, 2.24) is 30.5 Å². The van der Waals surface area contributed by atoms with E-state index >= 15 is 0 Å². The summed E-state index contributed by atoms with van der Waals surface area (Å²) in [5, 5.41) is 15.0. The molecule has 1 aliphatic heterocycles. The van der Waals surface area contributed by atoms with Crippen LogP contribution in [0.1, 0.15) is 24.6 Å². The number of nitrogens with zero attached hydrogens (tertiary/aromatic N) is 5. The van der Waals surface area contributed by atoms with Crippen molar-refractivity contribution in [1.29, 1.82) is 0 Å². The van der Waals surface area contributed by atoms with Gasteiger partial charge in [0.05, 0.1) is 18.8 Å². The number of carbonyl (C=O) groups is 1. The largest absolute Gasteiger partial charge is 0.434 e. The molecule has 0 radical (unpaired) electrons. The van der Waals surface area contributed by atoms with Crippen molar-refractivity contribution in [3.05, 3.63) is 47.7 Å². The maximum absolute atomic E-state index is 13.2. The SMILES string of the molecule is CC(=O)Nc1cc(-c2nc(C(F)(F)F)cs2)c(-c2cncc(-c3nnc([C@@H]4COCCN4)o3)c2)cn1. The van der Waals surface area contributed by atoms with Gasteiger partial charge in [0.15, 0.2) is 5.69 Å². The molecule has 1 aliphatic rings. The molecule has 0 spiro atoms. The zero-order valence-electron chi connectivity index (χ0n) is 18.7. The van der Waals surface area contributed by atoms with Crippen molar-refractivity contribution in [2.45, 2.75) is 19.1 Å². The van der Waals surface area contributed by atoms with Gasteiger partial charge in [-0.05, 0) is 12.1 Å². The van der Waals surface area contributed by atoms with Crippen LogP contribution in [0.15, 0.2) is 40.5 Å². The molecular weight excluding hydrogens is 499 g/mol. The fourth-order valence-electron chi connectivity index (χ4n) is 3.56. The van der Waals surface area contributed by atoms with Crippen LogP contribution in [0.4, 0.5) is 19.0 Å². The van der Waals surface area contributed by atoms with Gasteiger partial charge in [0.2, 0.25) is 17.7 Å². The van der Waals surface area contributed by atoms with Crippen molar-refractivity contribution in [3.8, 4) is 33.2 Å². The Labute approximate surface area is 206 Å². The van der Waals surface area contributed by atoms with E-state index in [0.717, 1.165) is 16.7 Å². The lowest BCUT2D eigenvalue weighted by atomic mass is 10.0. The van der Waals surface area contributed by atoms with E-state index in [9.17, 15) is 18.0 Å². The van der Waals surface area contributed by atoms with E-state index in [-0.39, 0.29) is 28.7 Å². The van der Waals surface area contributed by atoms with E-state index < -0.39 is 11.9 Å². The number of morpholine rings is 1. The van der Waals surface area contributed by atoms with Crippen LogP contribution in [0, 0.1) is 0 Å². The summed E-state index contributed by atoms with van der Waals surface area (Å²) in [6.45, 7) is 2.98. The molecule has 10 nitrogen and oxygen atoms in total. The zero-order chi connectivity index (χ0) is 25.3. The number of anilines is 1. The first kappa shape index (κ1) is 24.0. The Kier molecular flexibility index (Phi) is 6.47. The number of hydrogen-bond donors (Lipinski definition) is 2. The highest BCUT2D eigenvalue weighted by Gasteiger charge is 2.34. The maximum atomic E-state index is 13.2. The van der Waals surface area contributed by atoms with Crippen LogP contribution in [0.2, 0.25) is 0 Å². The zero-order valence-corrected chi connectivity index (χ0v) is 19.5. The lowest BCUT2D eigenvalue weighted by Crippen LogP contribution is -2.34. The van der Waals surface area contributed by atoms with Gasteiger partial charge in [0.25, 0.3) is 0 Å². The van der Waals surface area contributed by atoms with Crippen LogP contribution in [0.5, 0.6) is 0 Å². The van der Waals surface area contributed by atoms with Gasteiger partial charge >= 0.3 is 6.18 Å². The van der Waals surface area contributed by atoms with E-state index in [4.69, 9.17) is 9.15 Å². The molecule has 4 aromatic heterocycles. The summed E-state index contributed by atoms with van der Waals surface area (Å²) in [5.74, 6) is 0.409. The van der Waals surface area contributed by atoms with Crippen molar-refractivity contribution in [3.63, 3.8) is 0 Å². The van der Waals surface area contributed by atoms with Gasteiger partial charge in [-0.25, -0.2) is 9.97 Å². The Morgan fingerprint density at radius 2 is 2.00 bits per heavy atom. The predicted molar refractivity (Wildman–Crippen MR) is 123 cm³/mol. The van der Waals surface area contributed by atoms with Crippen molar-refractivity contribution in [2.24, 2.45) is 0 Å². The van der Waals surface area contributed by atoms with Crippen LogP contribution < -0.4 is 10.6 Å². The summed E-state index contributed by atoms with van der Waals surface area (Å²) in [6, 6.07) is 2.97. The van der Waals surface area contributed by atoms with Crippen LogP contribution in [0.3, 0.4) is 0 Å². The molecule has 14 heteroatoms. The van der Waals surface area contributed by atoms with Gasteiger partial charge in [-0.2, -0.15) is 13.2 Å². The third-order valence-corrected chi connectivity index (χ3v) is 6.07. The second-order valence-corrected chi connectivity index (χ2v) is 8.68. The van der Waals surface area contributed by atoms with Gasteiger partial charge in [-0.15, -0.1) is 21.5 Å². The summed E-state index contributed by atoms with van der Waals surface area (Å²) in [7, 11) is 0. The molecule has 5 rings (SSSR count). The van der Waals surface area contributed by atoms with Crippen molar-refractivity contribution >= 4 is 23.1 Å². The summed E-state index contributed by atoms with van der Waals surface area (Å²) in [6.07, 6.45) is -0.0694. The van der Waals surface area contributed by atoms with Crippen LogP contribution in [-0.4, -0.2) is 50.8 Å². The minimum absolute atomic E-state index is 0.111. The molecule has 186 valence electrons. The Balaban J connectivity index is 1.53. The summed E-state index contributed by atoms with van der Waals surface area (Å²) < 4.78 is 50.8. The van der Waals surface area contributed by atoms with E-state index in [1.54, 1.807) is 6.07 Å². The van der Waals surface area contributed by atoms with Crippen LogP contribution in [-0.2, 0) is 15.7 Å². The first-order valence-corrected chi connectivity index (χ1v) is 11.6. The van der Waals surface area contributed by atoms with Gasteiger partial charge in [0, 0.05) is 54.1 Å². The number of hydrogen-bond acceptors (Lipinski definition) is 10. The van der Waals surface area contributed by atoms with Gasteiger partial charge in [0.1, 0.15) is 16.9 Å². The minimum Gasteiger partial charge on any atom is -0.419 e. The molecule has 1 amide bonds. The molecule has 4 aromatic rings. The lowest BCUT2D eigenvalue weighted by molar-refractivity contribution is -0.140. The van der Waals surface area contributed by atoms with Crippen molar-refractivity contribution < 1.29 is 27.1 Å². The first-order chi connectivity index (χ1) is 17.3. The Morgan fingerprint density at radius 1 is 1.17 bits per heavy atom. The minimum atomic E-state index is -4.59. The number of nitrogens with one attached hydrogen (secondary N) is 2. The molecule has 0 bridgehead atoms. The topological polar surface area (TPSA) is 128 Å². The number of pyridine rings is 2. The fourth-order valence-corrected chi connectivity index (χ4v) is 4.42. The number of amides is 1. The summed E-state index contributed by atoms with van der Waals surface area (Å²) >= 11 is 0.834. The first-order valence-electron chi connectivity index (χ1n) is 10.7. The number of ether oxygens (including phenoxy) is 1. The molecular formula is C22H18F3N7O3S. The van der Waals surface area contributed by atoms with Gasteiger partial charge in [-0.1, -0.05) is 0 Å². The van der Waals surface area contributed by atoms with Gasteiger partial charge < -0.3 is 19.8 Å². The molecule has 36 heavy (non-hydrogen) atoms. The Morgan fingerprint density at radius 3 is 2.72 bits per heavy atom. The van der Waals surface area contributed by atoms with Gasteiger partial charge in [-0.3, -0.25) is 9.78 Å². The summed E-state index contributed by atoms with van der Waals surface area (Å²) in [4.78, 5) is 23.8. The average molecular weight is 517 g/mol. The molecule has 0 saturated carbocycles.